The molecule has 7 heteroatoms. The third kappa shape index (κ3) is 2.51. The van der Waals surface area contributed by atoms with Gasteiger partial charge in [0, 0.05) is 38.9 Å². The van der Waals surface area contributed by atoms with Crippen LogP contribution < -0.4 is 0 Å². The number of imide groups is 1. The van der Waals surface area contributed by atoms with Crippen LogP contribution in [0.1, 0.15) is 19.3 Å². The lowest BCUT2D eigenvalue weighted by Crippen LogP contribution is -2.36. The van der Waals surface area contributed by atoms with E-state index in [0.717, 1.165) is 4.90 Å². The highest BCUT2D eigenvalue weighted by molar-refractivity contribution is 6.02. The topological polar surface area (TPSA) is 98.2 Å². The molecule has 0 aromatic rings. The lowest BCUT2D eigenvalue weighted by atomic mass is 10.3. The van der Waals surface area contributed by atoms with E-state index in [-0.39, 0.29) is 56.6 Å². The van der Waals surface area contributed by atoms with Crippen molar-refractivity contribution in [2.45, 2.75) is 31.5 Å². The van der Waals surface area contributed by atoms with Crippen molar-refractivity contribution in [3.63, 3.8) is 0 Å². The first-order valence-corrected chi connectivity index (χ1v) is 5.96. The zero-order valence-corrected chi connectivity index (χ0v) is 9.91. The minimum atomic E-state index is -0.913. The average Bonchev–Trinajstić information content (AvgIpc) is 2.82. The van der Waals surface area contributed by atoms with Crippen LogP contribution in [0.25, 0.3) is 0 Å². The first kappa shape index (κ1) is 13.0. The van der Waals surface area contributed by atoms with E-state index >= 15 is 0 Å². The molecule has 0 saturated carbocycles. The van der Waals surface area contributed by atoms with Gasteiger partial charge in [-0.3, -0.25) is 19.3 Å². The Morgan fingerprint density at radius 2 is 1.61 bits per heavy atom. The van der Waals surface area contributed by atoms with Crippen molar-refractivity contribution in [2.75, 3.05) is 19.6 Å². The second kappa shape index (κ2) is 5.03. The van der Waals surface area contributed by atoms with Crippen LogP contribution in [-0.4, -0.2) is 69.6 Å². The van der Waals surface area contributed by atoms with Gasteiger partial charge in [-0.2, -0.15) is 0 Å². The van der Waals surface area contributed by atoms with Crippen LogP contribution in [0, 0.1) is 0 Å². The Kier molecular flexibility index (Phi) is 3.63. The Hall–Kier alpha value is -1.47. The maximum atomic E-state index is 11.8. The lowest BCUT2D eigenvalue weighted by molar-refractivity contribution is -0.139. The maximum Gasteiger partial charge on any atom is 0.229 e. The first-order chi connectivity index (χ1) is 8.49. The van der Waals surface area contributed by atoms with Crippen molar-refractivity contribution < 1.29 is 24.6 Å². The van der Waals surface area contributed by atoms with Crippen LogP contribution in [-0.2, 0) is 14.4 Å². The molecule has 2 aliphatic rings. The van der Waals surface area contributed by atoms with Gasteiger partial charge in [-0.05, 0) is 0 Å². The smallest absolute Gasteiger partial charge is 0.229 e. The second-order valence-corrected chi connectivity index (χ2v) is 4.62. The fourth-order valence-corrected chi connectivity index (χ4v) is 2.21. The molecule has 0 aromatic heterocycles. The van der Waals surface area contributed by atoms with Gasteiger partial charge in [0.25, 0.3) is 0 Å². The van der Waals surface area contributed by atoms with E-state index in [2.05, 4.69) is 0 Å². The molecule has 0 spiro atoms. The Labute approximate surface area is 104 Å². The normalized spacial score (nSPS) is 28.3. The number of aliphatic hydroxyl groups is 2. The molecule has 0 aromatic carbocycles. The highest BCUT2D eigenvalue weighted by atomic mass is 16.3. The van der Waals surface area contributed by atoms with Gasteiger partial charge >= 0.3 is 0 Å². The summed E-state index contributed by atoms with van der Waals surface area (Å²) >= 11 is 0. The zero-order valence-electron chi connectivity index (χ0n) is 9.91. The van der Waals surface area contributed by atoms with Crippen molar-refractivity contribution in [1.82, 2.24) is 9.80 Å². The lowest BCUT2D eigenvalue weighted by Gasteiger charge is -2.18. The average molecular weight is 256 g/mol. The van der Waals surface area contributed by atoms with E-state index in [9.17, 15) is 24.6 Å². The molecule has 18 heavy (non-hydrogen) atoms. The third-order valence-electron chi connectivity index (χ3n) is 3.32. The molecule has 0 bridgehead atoms. The summed E-state index contributed by atoms with van der Waals surface area (Å²) < 4.78 is 0. The molecule has 2 saturated heterocycles. The van der Waals surface area contributed by atoms with Crippen LogP contribution in [0.5, 0.6) is 0 Å². The molecule has 100 valence electrons. The van der Waals surface area contributed by atoms with Gasteiger partial charge in [0.05, 0.1) is 12.2 Å². The standard InChI is InChI=1S/C11H16N2O5/c14-7-5-12(6-8(7)15)9(16)3-4-13-10(17)1-2-11(13)18/h7-8,14-15H,1-6H2/t7-,8+. The SMILES string of the molecule is O=C(CCN1C(=O)CCC1=O)N1C[C@@H](O)[C@@H](O)C1. The molecule has 0 aliphatic carbocycles. The second-order valence-electron chi connectivity index (χ2n) is 4.62. The minimum absolute atomic E-state index is 0.0386. The summed E-state index contributed by atoms with van der Waals surface area (Å²) in [7, 11) is 0. The molecule has 2 rings (SSSR count). The van der Waals surface area contributed by atoms with E-state index in [4.69, 9.17) is 0 Å². The Balaban J connectivity index is 1.82. The Morgan fingerprint density at radius 1 is 1.11 bits per heavy atom. The predicted molar refractivity (Wildman–Crippen MR) is 59.2 cm³/mol. The molecular weight excluding hydrogens is 240 g/mol. The van der Waals surface area contributed by atoms with E-state index in [0.29, 0.717) is 0 Å². The molecule has 2 aliphatic heterocycles. The number of rotatable bonds is 3. The minimum Gasteiger partial charge on any atom is -0.388 e. The number of hydrogen-bond donors (Lipinski definition) is 2. The van der Waals surface area contributed by atoms with Crippen molar-refractivity contribution in [3.05, 3.63) is 0 Å². The summed E-state index contributed by atoms with van der Waals surface area (Å²) in [6.45, 7) is 0.281. The number of amides is 3. The monoisotopic (exact) mass is 256 g/mol. The fourth-order valence-electron chi connectivity index (χ4n) is 2.21. The summed E-state index contributed by atoms with van der Waals surface area (Å²) in [6, 6.07) is 0. The predicted octanol–water partition coefficient (Wildman–Crippen LogP) is -1.91. The number of nitrogens with zero attached hydrogens (tertiary/aromatic N) is 2. The van der Waals surface area contributed by atoms with E-state index in [1.807, 2.05) is 0 Å². The molecule has 2 heterocycles. The van der Waals surface area contributed by atoms with Crippen LogP contribution >= 0.6 is 0 Å². The molecule has 2 atom stereocenters. The zero-order chi connectivity index (χ0) is 13.3. The van der Waals surface area contributed by atoms with Gasteiger partial charge in [-0.15, -0.1) is 0 Å². The molecule has 2 N–H and O–H groups in total. The molecule has 0 radical (unpaired) electrons. The van der Waals surface area contributed by atoms with Gasteiger partial charge in [-0.25, -0.2) is 0 Å². The van der Waals surface area contributed by atoms with E-state index in [1.54, 1.807) is 0 Å². The van der Waals surface area contributed by atoms with Gasteiger partial charge in [-0.1, -0.05) is 0 Å². The fraction of sp³-hybridized carbons (Fsp3) is 0.727. The van der Waals surface area contributed by atoms with Crippen LogP contribution in [0.2, 0.25) is 0 Å². The van der Waals surface area contributed by atoms with Gasteiger partial charge in [0.2, 0.25) is 17.7 Å². The van der Waals surface area contributed by atoms with Crippen molar-refractivity contribution in [2.24, 2.45) is 0 Å². The Bertz CT molecular complexity index is 358. The molecule has 2 fully saturated rings. The van der Waals surface area contributed by atoms with Crippen molar-refractivity contribution in [3.8, 4) is 0 Å². The summed E-state index contributed by atoms with van der Waals surface area (Å²) in [5, 5.41) is 18.6. The number of aliphatic hydroxyl groups excluding tert-OH is 2. The number of likely N-dealkylation sites (tertiary alicyclic amines) is 2. The van der Waals surface area contributed by atoms with E-state index in [1.165, 1.54) is 4.90 Å². The number of carbonyl (C=O) groups excluding carboxylic acids is 3. The summed E-state index contributed by atoms with van der Waals surface area (Å²) in [6.07, 6.45) is -1.35. The molecule has 0 unspecified atom stereocenters. The number of carbonyl (C=O) groups is 3. The molecular formula is C11H16N2O5. The first-order valence-electron chi connectivity index (χ1n) is 5.96. The van der Waals surface area contributed by atoms with Crippen LogP contribution in [0.4, 0.5) is 0 Å². The highest BCUT2D eigenvalue weighted by Gasteiger charge is 2.34. The number of β-amino-alcohol motifs (C(OH)–C–C–N with tert-alkyl or cyclic N) is 2. The van der Waals surface area contributed by atoms with Gasteiger partial charge in [0.1, 0.15) is 0 Å². The van der Waals surface area contributed by atoms with Crippen molar-refractivity contribution >= 4 is 17.7 Å². The summed E-state index contributed by atoms with van der Waals surface area (Å²) in [5.41, 5.74) is 0. The summed E-state index contributed by atoms with van der Waals surface area (Å²) in [5.74, 6) is -0.748. The van der Waals surface area contributed by atoms with Crippen LogP contribution in [0.15, 0.2) is 0 Å². The largest absolute Gasteiger partial charge is 0.388 e. The third-order valence-corrected chi connectivity index (χ3v) is 3.32. The highest BCUT2D eigenvalue weighted by Crippen LogP contribution is 2.14. The molecule has 7 nitrogen and oxygen atoms in total. The van der Waals surface area contributed by atoms with E-state index < -0.39 is 12.2 Å². The van der Waals surface area contributed by atoms with Crippen LogP contribution in [0.3, 0.4) is 0 Å². The Morgan fingerprint density at radius 3 is 2.11 bits per heavy atom. The van der Waals surface area contributed by atoms with Gasteiger partial charge < -0.3 is 15.1 Å². The van der Waals surface area contributed by atoms with Crippen molar-refractivity contribution in [1.29, 1.82) is 0 Å². The maximum absolute atomic E-state index is 11.8. The van der Waals surface area contributed by atoms with Gasteiger partial charge in [0.15, 0.2) is 0 Å². The number of hydrogen-bond acceptors (Lipinski definition) is 5. The summed E-state index contributed by atoms with van der Waals surface area (Å²) in [4.78, 5) is 36.9. The molecule has 3 amide bonds. The quantitative estimate of drug-likeness (QED) is 0.574.